The Morgan fingerprint density at radius 1 is 1.53 bits per heavy atom. The van der Waals surface area contributed by atoms with Gasteiger partial charge in [-0.25, -0.2) is 0 Å². The third-order valence-corrected chi connectivity index (χ3v) is 3.32. The van der Waals surface area contributed by atoms with Gasteiger partial charge in [0.15, 0.2) is 0 Å². The molecule has 1 aromatic rings. The molecule has 0 aliphatic carbocycles. The van der Waals surface area contributed by atoms with Gasteiger partial charge in [0.25, 0.3) is 0 Å². The second-order valence-electron chi connectivity index (χ2n) is 3.54. The highest BCUT2D eigenvalue weighted by molar-refractivity contribution is 7.10. The Morgan fingerprint density at radius 3 is 2.67 bits per heavy atom. The normalized spacial score (nSPS) is 15.2. The maximum Gasteiger partial charge on any atom is 0.0780 e. The van der Waals surface area contributed by atoms with Crippen LogP contribution in [0.5, 0.6) is 0 Å². The van der Waals surface area contributed by atoms with Crippen molar-refractivity contribution in [2.24, 2.45) is 5.84 Å². The molecule has 4 heteroatoms. The molecule has 1 aromatic heterocycles. The summed E-state index contributed by atoms with van der Waals surface area (Å²) in [4.78, 5) is 1.30. The van der Waals surface area contributed by atoms with Gasteiger partial charge in [0.05, 0.1) is 12.1 Å². The summed E-state index contributed by atoms with van der Waals surface area (Å²) in [5.74, 6) is 5.60. The highest BCUT2D eigenvalue weighted by atomic mass is 32.1. The number of rotatable bonds is 6. The lowest BCUT2D eigenvalue weighted by Gasteiger charge is -2.24. The Morgan fingerprint density at radius 2 is 2.27 bits per heavy atom. The summed E-state index contributed by atoms with van der Waals surface area (Å²) in [5.41, 5.74) is 4.07. The number of ether oxygens (including phenoxy) is 1. The first kappa shape index (κ1) is 12.6. The number of hydrogen-bond acceptors (Lipinski definition) is 4. The van der Waals surface area contributed by atoms with Crippen molar-refractivity contribution in [2.75, 3.05) is 6.61 Å². The molecule has 15 heavy (non-hydrogen) atoms. The standard InChI is InChI=1S/C11H20N2OS/c1-4-10(14-5-2)11(13-12)9-6-8(3)15-7-9/h6-7,10-11,13H,4-5,12H2,1-3H3. The minimum absolute atomic E-state index is 0.0971. The molecule has 0 spiro atoms. The van der Waals surface area contributed by atoms with Crippen molar-refractivity contribution in [3.8, 4) is 0 Å². The number of thiophene rings is 1. The predicted molar refractivity (Wildman–Crippen MR) is 64.8 cm³/mol. The lowest BCUT2D eigenvalue weighted by Crippen LogP contribution is -2.37. The third-order valence-electron chi connectivity index (χ3n) is 2.44. The van der Waals surface area contributed by atoms with E-state index in [0.717, 1.165) is 13.0 Å². The number of nitrogens with two attached hydrogens (primary N) is 1. The molecule has 3 N–H and O–H groups in total. The van der Waals surface area contributed by atoms with Crippen molar-refractivity contribution in [3.63, 3.8) is 0 Å². The molecule has 0 radical (unpaired) electrons. The van der Waals surface area contributed by atoms with Crippen LogP contribution in [-0.2, 0) is 4.74 Å². The molecular formula is C11H20N2OS. The maximum atomic E-state index is 5.67. The largest absolute Gasteiger partial charge is 0.376 e. The Balaban J connectivity index is 2.76. The maximum absolute atomic E-state index is 5.67. The molecule has 0 aromatic carbocycles. The van der Waals surface area contributed by atoms with Crippen LogP contribution in [0.4, 0.5) is 0 Å². The first-order chi connectivity index (χ1) is 7.22. The number of hydrazine groups is 1. The highest BCUT2D eigenvalue weighted by Crippen LogP contribution is 2.25. The van der Waals surface area contributed by atoms with Crippen LogP contribution in [0.1, 0.15) is 36.8 Å². The number of hydrogen-bond donors (Lipinski definition) is 2. The van der Waals surface area contributed by atoms with E-state index >= 15 is 0 Å². The fourth-order valence-electron chi connectivity index (χ4n) is 1.71. The first-order valence-corrected chi connectivity index (χ1v) is 6.23. The monoisotopic (exact) mass is 228 g/mol. The van der Waals surface area contributed by atoms with Gasteiger partial charge >= 0.3 is 0 Å². The lowest BCUT2D eigenvalue weighted by atomic mass is 10.0. The lowest BCUT2D eigenvalue weighted by molar-refractivity contribution is 0.0315. The van der Waals surface area contributed by atoms with E-state index in [1.165, 1.54) is 10.4 Å². The first-order valence-electron chi connectivity index (χ1n) is 5.35. The molecule has 0 saturated heterocycles. The van der Waals surface area contributed by atoms with Crippen LogP contribution in [0.2, 0.25) is 0 Å². The smallest absolute Gasteiger partial charge is 0.0780 e. The summed E-state index contributed by atoms with van der Waals surface area (Å²) < 4.78 is 5.67. The van der Waals surface area contributed by atoms with Gasteiger partial charge in [0, 0.05) is 11.5 Å². The van der Waals surface area contributed by atoms with E-state index in [1.54, 1.807) is 11.3 Å². The van der Waals surface area contributed by atoms with Crippen LogP contribution in [0.3, 0.4) is 0 Å². The van der Waals surface area contributed by atoms with Crippen LogP contribution in [0, 0.1) is 6.92 Å². The molecule has 2 atom stereocenters. The summed E-state index contributed by atoms with van der Waals surface area (Å²) in [6.07, 6.45) is 1.10. The second-order valence-corrected chi connectivity index (χ2v) is 4.65. The minimum atomic E-state index is 0.0971. The van der Waals surface area contributed by atoms with E-state index in [4.69, 9.17) is 10.6 Å². The zero-order chi connectivity index (χ0) is 11.3. The van der Waals surface area contributed by atoms with Gasteiger partial charge in [-0.15, -0.1) is 11.3 Å². The Hall–Kier alpha value is -0.420. The number of nitrogens with one attached hydrogen (secondary N) is 1. The summed E-state index contributed by atoms with van der Waals surface area (Å²) >= 11 is 1.74. The molecule has 2 unspecified atom stereocenters. The minimum Gasteiger partial charge on any atom is -0.376 e. The van der Waals surface area contributed by atoms with Crippen molar-refractivity contribution in [1.82, 2.24) is 5.43 Å². The molecule has 1 rings (SSSR count). The van der Waals surface area contributed by atoms with Crippen LogP contribution in [0.25, 0.3) is 0 Å². The molecular weight excluding hydrogens is 208 g/mol. The zero-order valence-corrected chi connectivity index (χ0v) is 10.4. The third kappa shape index (κ3) is 3.28. The molecule has 0 saturated carbocycles. The molecule has 3 nitrogen and oxygen atoms in total. The van der Waals surface area contributed by atoms with Crippen LogP contribution in [0.15, 0.2) is 11.4 Å². The molecule has 0 aliphatic heterocycles. The molecule has 0 amide bonds. The van der Waals surface area contributed by atoms with Crippen molar-refractivity contribution >= 4 is 11.3 Å². The van der Waals surface area contributed by atoms with E-state index in [2.05, 4.69) is 30.7 Å². The SMILES string of the molecule is CCOC(CC)C(NN)c1csc(C)c1. The van der Waals surface area contributed by atoms with Gasteiger partial charge in [-0.05, 0) is 37.3 Å². The molecule has 0 fully saturated rings. The van der Waals surface area contributed by atoms with Crippen LogP contribution in [-0.4, -0.2) is 12.7 Å². The van der Waals surface area contributed by atoms with Gasteiger partial charge in [0.2, 0.25) is 0 Å². The van der Waals surface area contributed by atoms with E-state index in [0.29, 0.717) is 0 Å². The topological polar surface area (TPSA) is 47.3 Å². The predicted octanol–water partition coefficient (Wildman–Crippen LogP) is 2.38. The summed E-state index contributed by atoms with van der Waals surface area (Å²) in [5, 5.41) is 2.14. The Bertz CT molecular complexity index is 288. The average Bonchev–Trinajstić information content (AvgIpc) is 2.64. The van der Waals surface area contributed by atoms with Crippen LogP contribution < -0.4 is 11.3 Å². The second kappa shape index (κ2) is 6.23. The van der Waals surface area contributed by atoms with Crippen molar-refractivity contribution in [3.05, 3.63) is 21.9 Å². The van der Waals surface area contributed by atoms with Gasteiger partial charge in [0.1, 0.15) is 0 Å². The molecule has 1 heterocycles. The Kier molecular flexibility index (Phi) is 5.25. The van der Waals surface area contributed by atoms with E-state index < -0.39 is 0 Å². The molecule has 86 valence electrons. The van der Waals surface area contributed by atoms with Gasteiger partial charge in [-0.1, -0.05) is 6.92 Å². The Labute approximate surface area is 95.6 Å². The van der Waals surface area contributed by atoms with Gasteiger partial charge < -0.3 is 4.74 Å². The summed E-state index contributed by atoms with van der Waals surface area (Å²) in [6, 6.07) is 2.26. The average molecular weight is 228 g/mol. The quantitative estimate of drug-likeness (QED) is 0.580. The molecule has 0 aliphatic rings. The molecule has 0 bridgehead atoms. The van der Waals surface area contributed by atoms with E-state index in [9.17, 15) is 0 Å². The van der Waals surface area contributed by atoms with E-state index in [1.807, 2.05) is 6.92 Å². The summed E-state index contributed by atoms with van der Waals surface area (Å²) in [7, 11) is 0. The highest BCUT2D eigenvalue weighted by Gasteiger charge is 2.21. The van der Waals surface area contributed by atoms with Crippen molar-refractivity contribution in [2.45, 2.75) is 39.3 Å². The number of aryl methyl sites for hydroxylation is 1. The van der Waals surface area contributed by atoms with Gasteiger partial charge in [-0.2, -0.15) is 0 Å². The van der Waals surface area contributed by atoms with E-state index in [-0.39, 0.29) is 12.1 Å². The fraction of sp³-hybridized carbons (Fsp3) is 0.636. The van der Waals surface area contributed by atoms with Crippen LogP contribution >= 0.6 is 11.3 Å². The fourth-order valence-corrected chi connectivity index (χ4v) is 2.45. The summed E-state index contributed by atoms with van der Waals surface area (Å²) in [6.45, 7) is 6.95. The van der Waals surface area contributed by atoms with Gasteiger partial charge in [-0.3, -0.25) is 11.3 Å². The van der Waals surface area contributed by atoms with Crippen molar-refractivity contribution < 1.29 is 4.74 Å². The van der Waals surface area contributed by atoms with Crippen molar-refractivity contribution in [1.29, 1.82) is 0 Å². The zero-order valence-electron chi connectivity index (χ0n) is 9.62.